The molecule has 0 aliphatic rings. The normalized spacial score (nSPS) is 12.6. The third-order valence-electron chi connectivity index (χ3n) is 3.03. The molecule has 0 aliphatic heterocycles. The van der Waals surface area contributed by atoms with E-state index in [2.05, 4.69) is 40.4 Å². The van der Waals surface area contributed by atoms with E-state index in [9.17, 15) is 0 Å². The number of thiophene rings is 1. The van der Waals surface area contributed by atoms with Gasteiger partial charge in [0.25, 0.3) is 0 Å². The van der Waals surface area contributed by atoms with Gasteiger partial charge in [0.05, 0.1) is 23.7 Å². The fourth-order valence-corrected chi connectivity index (χ4v) is 3.16. The fraction of sp³-hybridized carbons (Fsp3) is 0.500. The average molecular weight is 279 g/mol. The number of nitrogens with zero attached hydrogens (tertiary/aromatic N) is 2. The molecule has 4 nitrogen and oxygen atoms in total. The Labute approximate surface area is 118 Å². The topological polar surface area (TPSA) is 39.1 Å². The van der Waals surface area contributed by atoms with Gasteiger partial charge in [-0.2, -0.15) is 5.10 Å². The maximum absolute atomic E-state index is 5.45. The van der Waals surface area contributed by atoms with E-state index >= 15 is 0 Å². The summed E-state index contributed by atoms with van der Waals surface area (Å²) in [5.74, 6) is 0.945. The summed E-state index contributed by atoms with van der Waals surface area (Å²) in [5.41, 5.74) is 1.20. The standard InChI is InChI=1S/C14H21N3OS/c1-4-9-17-11(6-8-16-17)13(15-5-2)14-12(18-3)7-10-19-14/h6-8,10,13,15H,4-5,9H2,1-3H3. The minimum absolute atomic E-state index is 0.147. The summed E-state index contributed by atoms with van der Waals surface area (Å²) in [5, 5.41) is 10.0. The molecule has 0 bridgehead atoms. The third kappa shape index (κ3) is 2.98. The van der Waals surface area contributed by atoms with E-state index in [-0.39, 0.29) is 6.04 Å². The molecule has 0 fully saturated rings. The summed E-state index contributed by atoms with van der Waals surface area (Å²) in [6, 6.07) is 4.25. The van der Waals surface area contributed by atoms with Crippen LogP contribution < -0.4 is 10.1 Å². The van der Waals surface area contributed by atoms with Gasteiger partial charge >= 0.3 is 0 Å². The first kappa shape index (κ1) is 14.1. The molecule has 0 aromatic carbocycles. The smallest absolute Gasteiger partial charge is 0.134 e. The molecular weight excluding hydrogens is 258 g/mol. The monoisotopic (exact) mass is 279 g/mol. The van der Waals surface area contributed by atoms with Crippen molar-refractivity contribution in [2.45, 2.75) is 32.9 Å². The second kappa shape index (κ2) is 6.73. The average Bonchev–Trinajstić information content (AvgIpc) is 3.05. The van der Waals surface area contributed by atoms with Crippen LogP contribution in [-0.2, 0) is 6.54 Å². The number of ether oxygens (including phenoxy) is 1. The van der Waals surface area contributed by atoms with E-state index in [0.717, 1.165) is 25.3 Å². The van der Waals surface area contributed by atoms with Gasteiger partial charge in [0.15, 0.2) is 0 Å². The Kier molecular flexibility index (Phi) is 4.99. The Morgan fingerprint density at radius 1 is 1.42 bits per heavy atom. The largest absolute Gasteiger partial charge is 0.496 e. The molecule has 2 aromatic heterocycles. The molecule has 104 valence electrons. The zero-order valence-corrected chi connectivity index (χ0v) is 12.5. The molecule has 1 atom stereocenters. The van der Waals surface area contributed by atoms with Crippen molar-refractivity contribution in [2.24, 2.45) is 0 Å². The quantitative estimate of drug-likeness (QED) is 0.846. The Balaban J connectivity index is 2.36. The Bertz CT molecular complexity index is 506. The third-order valence-corrected chi connectivity index (χ3v) is 3.99. The Morgan fingerprint density at radius 2 is 2.26 bits per heavy atom. The van der Waals surface area contributed by atoms with Crippen LogP contribution in [0.25, 0.3) is 0 Å². The fourth-order valence-electron chi connectivity index (χ4n) is 2.21. The number of hydrogen-bond donors (Lipinski definition) is 1. The van der Waals surface area contributed by atoms with Crippen molar-refractivity contribution in [2.75, 3.05) is 13.7 Å². The molecule has 0 aliphatic carbocycles. The van der Waals surface area contributed by atoms with Gasteiger partial charge in [-0.3, -0.25) is 4.68 Å². The van der Waals surface area contributed by atoms with Crippen LogP contribution in [0.15, 0.2) is 23.7 Å². The molecule has 19 heavy (non-hydrogen) atoms. The van der Waals surface area contributed by atoms with Gasteiger partial charge < -0.3 is 10.1 Å². The summed E-state index contributed by atoms with van der Waals surface area (Å²) in [6.45, 7) is 6.13. The van der Waals surface area contributed by atoms with Crippen molar-refractivity contribution in [1.82, 2.24) is 15.1 Å². The van der Waals surface area contributed by atoms with Gasteiger partial charge in [0, 0.05) is 12.7 Å². The van der Waals surface area contributed by atoms with E-state index in [1.54, 1.807) is 18.4 Å². The van der Waals surface area contributed by atoms with Crippen LogP contribution in [0.5, 0.6) is 5.75 Å². The number of methoxy groups -OCH3 is 1. The molecule has 0 amide bonds. The zero-order valence-electron chi connectivity index (χ0n) is 11.7. The van der Waals surface area contributed by atoms with Crippen LogP contribution >= 0.6 is 11.3 Å². The first-order chi connectivity index (χ1) is 9.31. The molecule has 0 spiro atoms. The Morgan fingerprint density at radius 3 is 2.95 bits per heavy atom. The van der Waals surface area contributed by atoms with E-state index in [1.807, 2.05) is 12.3 Å². The summed E-state index contributed by atoms with van der Waals surface area (Å²) >= 11 is 1.72. The number of aromatic nitrogens is 2. The first-order valence-electron chi connectivity index (χ1n) is 6.68. The van der Waals surface area contributed by atoms with Gasteiger partial charge in [0.2, 0.25) is 0 Å². The molecule has 5 heteroatoms. The van der Waals surface area contributed by atoms with Gasteiger partial charge in [-0.05, 0) is 30.5 Å². The highest BCUT2D eigenvalue weighted by molar-refractivity contribution is 7.10. The molecule has 0 saturated carbocycles. The van der Waals surface area contributed by atoms with Crippen molar-refractivity contribution >= 4 is 11.3 Å². The van der Waals surface area contributed by atoms with Crippen LogP contribution in [0.3, 0.4) is 0 Å². The van der Waals surface area contributed by atoms with E-state index < -0.39 is 0 Å². The lowest BCUT2D eigenvalue weighted by molar-refractivity contribution is 0.405. The van der Waals surface area contributed by atoms with E-state index in [0.29, 0.717) is 0 Å². The van der Waals surface area contributed by atoms with Crippen molar-refractivity contribution < 1.29 is 4.74 Å². The highest BCUT2D eigenvalue weighted by atomic mass is 32.1. The maximum atomic E-state index is 5.45. The van der Waals surface area contributed by atoms with Gasteiger partial charge in [-0.1, -0.05) is 13.8 Å². The molecule has 2 rings (SSSR count). The lowest BCUT2D eigenvalue weighted by atomic mass is 10.1. The predicted molar refractivity (Wildman–Crippen MR) is 78.9 cm³/mol. The second-order valence-electron chi connectivity index (χ2n) is 4.32. The van der Waals surface area contributed by atoms with Crippen LogP contribution in [0.1, 0.15) is 36.9 Å². The van der Waals surface area contributed by atoms with E-state index in [4.69, 9.17) is 4.74 Å². The van der Waals surface area contributed by atoms with Crippen molar-refractivity contribution in [1.29, 1.82) is 0 Å². The molecule has 0 radical (unpaired) electrons. The summed E-state index contributed by atoms with van der Waals surface area (Å²) in [6.07, 6.45) is 2.95. The van der Waals surface area contributed by atoms with Crippen LogP contribution in [0.2, 0.25) is 0 Å². The molecular formula is C14H21N3OS. The zero-order chi connectivity index (χ0) is 13.7. The molecule has 1 N–H and O–H groups in total. The number of aryl methyl sites for hydroxylation is 1. The van der Waals surface area contributed by atoms with Crippen LogP contribution in [-0.4, -0.2) is 23.4 Å². The van der Waals surface area contributed by atoms with Gasteiger partial charge in [-0.25, -0.2) is 0 Å². The molecule has 2 aromatic rings. The van der Waals surface area contributed by atoms with Crippen molar-refractivity contribution in [3.8, 4) is 5.75 Å². The van der Waals surface area contributed by atoms with Crippen LogP contribution in [0, 0.1) is 0 Å². The summed E-state index contributed by atoms with van der Waals surface area (Å²) in [4.78, 5) is 1.21. The number of rotatable bonds is 7. The highest BCUT2D eigenvalue weighted by Crippen LogP contribution is 2.34. The first-order valence-corrected chi connectivity index (χ1v) is 7.56. The highest BCUT2D eigenvalue weighted by Gasteiger charge is 2.22. The minimum Gasteiger partial charge on any atom is -0.496 e. The second-order valence-corrected chi connectivity index (χ2v) is 5.27. The Hall–Kier alpha value is -1.33. The SMILES string of the molecule is CCCn1nccc1C(NCC)c1sccc1OC. The lowest BCUT2D eigenvalue weighted by Gasteiger charge is -2.19. The van der Waals surface area contributed by atoms with Crippen LogP contribution in [0.4, 0.5) is 0 Å². The molecule has 0 saturated heterocycles. The molecule has 1 unspecified atom stereocenters. The predicted octanol–water partition coefficient (Wildman–Crippen LogP) is 3.06. The lowest BCUT2D eigenvalue weighted by Crippen LogP contribution is -2.24. The molecule has 2 heterocycles. The summed E-state index contributed by atoms with van der Waals surface area (Å²) in [7, 11) is 1.72. The van der Waals surface area contributed by atoms with Crippen molar-refractivity contribution in [3.63, 3.8) is 0 Å². The maximum Gasteiger partial charge on any atom is 0.134 e. The van der Waals surface area contributed by atoms with Gasteiger partial charge in [0.1, 0.15) is 5.75 Å². The minimum atomic E-state index is 0.147. The number of hydrogen-bond acceptors (Lipinski definition) is 4. The van der Waals surface area contributed by atoms with Crippen molar-refractivity contribution in [3.05, 3.63) is 34.3 Å². The summed E-state index contributed by atoms with van der Waals surface area (Å²) < 4.78 is 7.53. The number of nitrogens with one attached hydrogen (secondary N) is 1. The van der Waals surface area contributed by atoms with E-state index in [1.165, 1.54) is 10.6 Å². The van der Waals surface area contributed by atoms with Gasteiger partial charge in [-0.15, -0.1) is 11.3 Å².